The number of benzene rings is 8. The van der Waals surface area contributed by atoms with Gasteiger partial charge in [-0.15, -0.1) is 29.7 Å². The summed E-state index contributed by atoms with van der Waals surface area (Å²) in [5, 5.41) is 2.10. The molecule has 0 amide bonds. The van der Waals surface area contributed by atoms with Gasteiger partial charge in [0.1, 0.15) is 5.82 Å². The molecule has 0 spiro atoms. The van der Waals surface area contributed by atoms with Crippen molar-refractivity contribution in [3.05, 3.63) is 223 Å². The van der Waals surface area contributed by atoms with Crippen LogP contribution in [0.2, 0.25) is 0 Å². The van der Waals surface area contributed by atoms with Crippen molar-refractivity contribution in [1.29, 1.82) is 0 Å². The summed E-state index contributed by atoms with van der Waals surface area (Å²) in [6, 6.07) is 57.0. The topological polar surface area (TPSA) is 35.9 Å². The Morgan fingerprint density at radius 1 is 0.589 bits per heavy atom. The summed E-state index contributed by atoms with van der Waals surface area (Å²) in [6.07, 6.45) is 5.58. The van der Waals surface area contributed by atoms with Gasteiger partial charge in [-0.2, -0.15) is 18.2 Å². The minimum absolute atomic E-state index is 0. The van der Waals surface area contributed by atoms with E-state index in [0.29, 0.717) is 40.3 Å². The Balaban J connectivity index is 0.00000688. The van der Waals surface area contributed by atoms with Crippen LogP contribution in [-0.4, -0.2) is 14.1 Å². The number of rotatable bonds is 10. The van der Waals surface area contributed by atoms with Crippen LogP contribution in [-0.2, 0) is 31.9 Å². The van der Waals surface area contributed by atoms with Gasteiger partial charge in [-0.25, -0.2) is 4.98 Å². The van der Waals surface area contributed by atoms with E-state index in [0.717, 1.165) is 72.0 Å². The van der Waals surface area contributed by atoms with E-state index in [-0.39, 0.29) is 49.5 Å². The Hall–Kier alpha value is -7.33. The van der Waals surface area contributed by atoms with E-state index in [1.165, 1.54) is 5.56 Å². The molecule has 73 heavy (non-hydrogen) atoms. The maximum atomic E-state index is 9.24. The Morgan fingerprint density at radius 2 is 1.27 bits per heavy atom. The van der Waals surface area contributed by atoms with Crippen molar-refractivity contribution in [1.82, 2.24) is 14.1 Å². The number of pyridine rings is 1. The minimum atomic E-state index is -0.446. The van der Waals surface area contributed by atoms with E-state index in [2.05, 4.69) is 164 Å². The fourth-order valence-electron chi connectivity index (χ4n) is 9.66. The fraction of sp³-hybridized carbons (Fsp3) is 0.194. The van der Waals surface area contributed by atoms with Crippen LogP contribution >= 0.6 is 0 Å². The molecular formula is C67H60N4OPt-2. The number of imidazole rings is 1. The molecule has 11 aromatic rings. The average molecular weight is 1140 g/mol. The Kier molecular flexibility index (Phi) is 11.6. The number of hydrogen-bond donors (Lipinski definition) is 0. The summed E-state index contributed by atoms with van der Waals surface area (Å²) in [7, 11) is 0. The molecule has 0 fully saturated rings. The van der Waals surface area contributed by atoms with Gasteiger partial charge in [0, 0.05) is 44.3 Å². The van der Waals surface area contributed by atoms with Crippen molar-refractivity contribution in [3.8, 4) is 62.1 Å². The van der Waals surface area contributed by atoms with E-state index >= 15 is 0 Å². The fourth-order valence-corrected chi connectivity index (χ4v) is 9.66. The minimum Gasteiger partial charge on any atom is -0.510 e. The predicted molar refractivity (Wildman–Crippen MR) is 297 cm³/mol. The number of ether oxygens (including phenoxy) is 1. The third kappa shape index (κ3) is 9.48. The van der Waals surface area contributed by atoms with Crippen LogP contribution in [0.3, 0.4) is 0 Å². The zero-order chi connectivity index (χ0) is 54.2. The molecule has 0 aliphatic carbocycles. The Bertz CT molecular complexity index is 4050. The van der Waals surface area contributed by atoms with Gasteiger partial charge in [-0.1, -0.05) is 201 Å². The summed E-state index contributed by atoms with van der Waals surface area (Å²) < 4.78 is 57.3. The van der Waals surface area contributed by atoms with Crippen molar-refractivity contribution in [2.75, 3.05) is 0 Å². The van der Waals surface area contributed by atoms with Crippen molar-refractivity contribution < 1.29 is 37.2 Å². The molecule has 0 aliphatic rings. The van der Waals surface area contributed by atoms with Crippen molar-refractivity contribution in [2.45, 2.75) is 79.1 Å². The van der Waals surface area contributed by atoms with Crippen LogP contribution < -0.4 is 9.30 Å². The predicted octanol–water partition coefficient (Wildman–Crippen LogP) is 16.9. The molecule has 0 saturated carbocycles. The van der Waals surface area contributed by atoms with Crippen LogP contribution in [0.25, 0.3) is 83.4 Å². The number of fused-ring (bicyclic) bond motifs is 4. The molecule has 366 valence electrons. The number of nitrogens with zero attached hydrogens (tertiary/aromatic N) is 4. The molecule has 3 heterocycles. The van der Waals surface area contributed by atoms with Crippen LogP contribution in [0.15, 0.2) is 188 Å². The van der Waals surface area contributed by atoms with Gasteiger partial charge in [0.15, 0.2) is 0 Å². The van der Waals surface area contributed by atoms with E-state index in [1.54, 1.807) is 0 Å². The van der Waals surface area contributed by atoms with E-state index in [4.69, 9.17) is 13.8 Å². The second-order valence-electron chi connectivity index (χ2n) is 21.3. The molecule has 8 aromatic carbocycles. The average Bonchev–Trinajstić information content (AvgIpc) is 4.09. The first-order valence-corrected chi connectivity index (χ1v) is 24.8. The Morgan fingerprint density at radius 3 is 2.00 bits per heavy atom. The van der Waals surface area contributed by atoms with Gasteiger partial charge in [-0.3, -0.25) is 4.57 Å². The molecule has 1 atom stereocenters. The first-order chi connectivity index (χ1) is 36.8. The van der Waals surface area contributed by atoms with Crippen molar-refractivity contribution >= 4 is 32.8 Å². The molecular weight excluding hydrogens is 1070 g/mol. The van der Waals surface area contributed by atoms with E-state index in [1.807, 2.05) is 88.1 Å². The van der Waals surface area contributed by atoms with Gasteiger partial charge in [0.05, 0.1) is 23.6 Å². The van der Waals surface area contributed by atoms with Crippen LogP contribution in [0.5, 0.6) is 11.5 Å². The smallest absolute Gasteiger partial charge is 0.268 e. The van der Waals surface area contributed by atoms with E-state index < -0.39 is 18.1 Å². The van der Waals surface area contributed by atoms with Gasteiger partial charge in [0.2, 0.25) is 0 Å². The summed E-state index contributed by atoms with van der Waals surface area (Å²) in [5.41, 5.74) is 12.4. The summed E-state index contributed by atoms with van der Waals surface area (Å²) in [6.45, 7) is 20.0. The van der Waals surface area contributed by atoms with E-state index in [9.17, 15) is 2.74 Å². The van der Waals surface area contributed by atoms with Gasteiger partial charge in [0.25, 0.3) is 6.33 Å². The number of aromatic nitrogens is 4. The van der Waals surface area contributed by atoms with Crippen molar-refractivity contribution in [2.24, 2.45) is 5.92 Å². The molecule has 3 aromatic heterocycles. The van der Waals surface area contributed by atoms with Crippen LogP contribution in [0.4, 0.5) is 0 Å². The normalized spacial score (nSPS) is 13.4. The SMILES string of the molecule is [2H]c1c([2H])c([2H])c(-c2cccc(-c3cc(C(C)(C)C)cc(C(C)(C)C)c3)c2-[n+]2[c-]n(-c3[c-]c(Oc4[c-]c5c(cc4)c4cc(-c6ccccc6)ccc4n5-c4cc(C(C)C(C)C)ccn4)ccc3)c3ccccc32)c([2H])c1[2H].[Pt]. The second kappa shape index (κ2) is 19.6. The van der Waals surface area contributed by atoms with Gasteiger partial charge >= 0.3 is 0 Å². The molecule has 0 saturated heterocycles. The maximum absolute atomic E-state index is 9.24. The first kappa shape index (κ1) is 43.3. The standard InChI is InChI=1S/C67H60N4O.Pt/c1-44(2)45(3)48-34-35-68-64(39-48)71-60-33-30-49(46-20-12-10-13-21-46)38-59(60)58-32-31-55(42-63(58)71)72-54-25-18-24-53(41-54)69-43-70(62-29-17-16-28-61(62)69)65-56(47-22-14-11-15-23-47)26-19-27-57(65)50-36-51(66(4,5)6)40-52(37-50)67(7,8)9;/h10-40,44-45H,1-9H3;/q-2;/i11D,14D,15D,22D,23D;. The largest absolute Gasteiger partial charge is 0.510 e. The quantitative estimate of drug-likeness (QED) is 0.101. The van der Waals surface area contributed by atoms with Crippen LogP contribution in [0, 0.1) is 24.4 Å². The van der Waals surface area contributed by atoms with Crippen LogP contribution in [0.1, 0.15) is 91.8 Å². The third-order valence-corrected chi connectivity index (χ3v) is 14.1. The molecule has 0 aliphatic heterocycles. The van der Waals surface area contributed by atoms with Gasteiger partial charge < -0.3 is 13.9 Å². The summed E-state index contributed by atoms with van der Waals surface area (Å²) in [5.74, 6) is 2.55. The molecule has 0 bridgehead atoms. The molecule has 11 rings (SSSR count). The zero-order valence-electron chi connectivity index (χ0n) is 47.7. The molecule has 5 nitrogen and oxygen atoms in total. The monoisotopic (exact) mass is 1140 g/mol. The molecule has 0 radical (unpaired) electrons. The second-order valence-corrected chi connectivity index (χ2v) is 21.3. The maximum Gasteiger partial charge on any atom is 0.268 e. The van der Waals surface area contributed by atoms with Gasteiger partial charge in [-0.05, 0) is 102 Å². The zero-order valence-corrected chi connectivity index (χ0v) is 45.0. The summed E-state index contributed by atoms with van der Waals surface area (Å²) >= 11 is 0. The molecule has 6 heteroatoms. The van der Waals surface area contributed by atoms with Crippen molar-refractivity contribution in [3.63, 3.8) is 0 Å². The Labute approximate surface area is 452 Å². The number of para-hydroxylation sites is 3. The molecule has 1 unspecified atom stereocenters. The summed E-state index contributed by atoms with van der Waals surface area (Å²) in [4.78, 5) is 4.95. The first-order valence-electron chi connectivity index (χ1n) is 27.3. The number of hydrogen-bond acceptors (Lipinski definition) is 2. The molecule has 0 N–H and O–H groups in total. The third-order valence-electron chi connectivity index (χ3n) is 14.1.